The van der Waals surface area contributed by atoms with Crippen LogP contribution in [0.1, 0.15) is 32.1 Å². The predicted octanol–water partition coefficient (Wildman–Crippen LogP) is 5.44. The van der Waals surface area contributed by atoms with Gasteiger partial charge in [-0.3, -0.25) is 4.79 Å². The summed E-state index contributed by atoms with van der Waals surface area (Å²) >= 11 is 6.15. The van der Waals surface area contributed by atoms with E-state index in [1.165, 1.54) is 11.8 Å². The molecule has 0 saturated carbocycles. The molecule has 0 bridgehead atoms. The first-order chi connectivity index (χ1) is 14.8. The van der Waals surface area contributed by atoms with Crippen molar-refractivity contribution < 1.29 is 18.7 Å². The van der Waals surface area contributed by atoms with Crippen molar-refractivity contribution in [2.24, 2.45) is 5.10 Å². The lowest BCUT2D eigenvalue weighted by atomic mass is 9.87. The second-order valence-electron chi connectivity index (χ2n) is 7.91. The highest BCUT2D eigenvalue weighted by molar-refractivity contribution is 6.32. The molecule has 0 unspecified atom stereocenters. The Labute approximate surface area is 186 Å². The number of hydrogen-bond donors (Lipinski definition) is 1. The SMILES string of the molecule is COc1ccc(-c2ccc(/C=N/NC(=O)COc3ccc(C(C)(C)C)cc3)o2)cc1Cl. The molecule has 1 heterocycles. The summed E-state index contributed by atoms with van der Waals surface area (Å²) in [6, 6.07) is 16.6. The van der Waals surface area contributed by atoms with E-state index in [1.807, 2.05) is 30.3 Å². The third kappa shape index (κ3) is 6.12. The zero-order chi connectivity index (χ0) is 22.4. The summed E-state index contributed by atoms with van der Waals surface area (Å²) in [4.78, 5) is 12.0. The van der Waals surface area contributed by atoms with Crippen molar-refractivity contribution in [3.8, 4) is 22.8 Å². The Balaban J connectivity index is 1.50. The lowest BCUT2D eigenvalue weighted by Crippen LogP contribution is -2.24. The van der Waals surface area contributed by atoms with Crippen molar-refractivity contribution in [2.45, 2.75) is 26.2 Å². The fourth-order valence-corrected chi connectivity index (χ4v) is 3.05. The molecule has 0 saturated heterocycles. The minimum atomic E-state index is -0.370. The number of hydrazone groups is 1. The lowest BCUT2D eigenvalue weighted by Gasteiger charge is -2.19. The van der Waals surface area contributed by atoms with E-state index in [4.69, 9.17) is 25.5 Å². The number of benzene rings is 2. The van der Waals surface area contributed by atoms with Crippen molar-refractivity contribution in [1.29, 1.82) is 0 Å². The number of rotatable bonds is 7. The van der Waals surface area contributed by atoms with Crippen molar-refractivity contribution in [2.75, 3.05) is 13.7 Å². The van der Waals surface area contributed by atoms with E-state index in [0.717, 1.165) is 5.56 Å². The molecule has 6 nitrogen and oxygen atoms in total. The van der Waals surface area contributed by atoms with Gasteiger partial charge in [-0.15, -0.1) is 0 Å². The lowest BCUT2D eigenvalue weighted by molar-refractivity contribution is -0.123. The van der Waals surface area contributed by atoms with Gasteiger partial charge in [0.05, 0.1) is 18.3 Å². The molecule has 0 radical (unpaired) electrons. The second kappa shape index (κ2) is 9.71. The zero-order valence-corrected chi connectivity index (χ0v) is 18.7. The van der Waals surface area contributed by atoms with Gasteiger partial charge in [-0.1, -0.05) is 44.5 Å². The minimum Gasteiger partial charge on any atom is -0.495 e. The Morgan fingerprint density at radius 1 is 1.13 bits per heavy atom. The summed E-state index contributed by atoms with van der Waals surface area (Å²) in [5, 5.41) is 4.40. The van der Waals surface area contributed by atoms with Gasteiger partial charge in [0.1, 0.15) is 23.0 Å². The molecule has 162 valence electrons. The van der Waals surface area contributed by atoms with Crippen LogP contribution in [0.15, 0.2) is 64.1 Å². The average molecular weight is 441 g/mol. The Morgan fingerprint density at radius 3 is 2.52 bits per heavy atom. The first-order valence-corrected chi connectivity index (χ1v) is 10.1. The van der Waals surface area contributed by atoms with Crippen molar-refractivity contribution in [3.63, 3.8) is 0 Å². The fourth-order valence-electron chi connectivity index (χ4n) is 2.80. The topological polar surface area (TPSA) is 73.1 Å². The molecule has 7 heteroatoms. The quantitative estimate of drug-likeness (QED) is 0.392. The van der Waals surface area contributed by atoms with Crippen LogP contribution in [0.2, 0.25) is 5.02 Å². The highest BCUT2D eigenvalue weighted by atomic mass is 35.5. The molecule has 31 heavy (non-hydrogen) atoms. The summed E-state index contributed by atoms with van der Waals surface area (Å²) in [5.41, 5.74) is 4.49. The Kier molecular flexibility index (Phi) is 7.02. The number of furan rings is 1. The van der Waals surface area contributed by atoms with Gasteiger partial charge in [-0.05, 0) is 53.4 Å². The van der Waals surface area contributed by atoms with Gasteiger partial charge in [-0.25, -0.2) is 5.43 Å². The largest absolute Gasteiger partial charge is 0.495 e. The Hall–Kier alpha value is -3.25. The molecular formula is C24H25ClN2O4. The molecule has 1 N–H and O–H groups in total. The van der Waals surface area contributed by atoms with Gasteiger partial charge >= 0.3 is 0 Å². The molecule has 3 aromatic rings. The highest BCUT2D eigenvalue weighted by Crippen LogP contribution is 2.30. The van der Waals surface area contributed by atoms with E-state index in [9.17, 15) is 4.79 Å². The monoisotopic (exact) mass is 440 g/mol. The Morgan fingerprint density at radius 2 is 1.87 bits per heavy atom. The van der Waals surface area contributed by atoms with Crippen molar-refractivity contribution in [3.05, 3.63) is 70.9 Å². The number of halogens is 1. The number of methoxy groups -OCH3 is 1. The van der Waals surface area contributed by atoms with Crippen LogP contribution in [-0.4, -0.2) is 25.8 Å². The van der Waals surface area contributed by atoms with Gasteiger partial charge in [0.25, 0.3) is 5.91 Å². The smallest absolute Gasteiger partial charge is 0.277 e. The molecule has 0 aliphatic rings. The van der Waals surface area contributed by atoms with Gasteiger partial charge < -0.3 is 13.9 Å². The van der Waals surface area contributed by atoms with Crippen LogP contribution in [0, 0.1) is 0 Å². The number of amides is 1. The van der Waals surface area contributed by atoms with E-state index >= 15 is 0 Å². The van der Waals surface area contributed by atoms with Crippen LogP contribution in [0.25, 0.3) is 11.3 Å². The summed E-state index contributed by atoms with van der Waals surface area (Å²) in [6.07, 6.45) is 1.42. The fraction of sp³-hybridized carbons (Fsp3) is 0.250. The standard InChI is InChI=1S/C24H25ClN2O4/c1-24(2,3)17-6-8-18(9-7-17)30-15-23(28)27-26-14-19-10-12-21(31-19)16-5-11-22(29-4)20(25)13-16/h5-14H,15H2,1-4H3,(H,27,28)/b26-14+. The van der Waals surface area contributed by atoms with Crippen LogP contribution >= 0.6 is 11.6 Å². The predicted molar refractivity (Wildman–Crippen MR) is 122 cm³/mol. The van der Waals surface area contributed by atoms with Crippen LogP contribution in [0.4, 0.5) is 0 Å². The molecule has 0 atom stereocenters. The first-order valence-electron chi connectivity index (χ1n) is 9.75. The van der Waals surface area contributed by atoms with Crippen LogP contribution in [-0.2, 0) is 10.2 Å². The van der Waals surface area contributed by atoms with Gasteiger partial charge in [0.2, 0.25) is 0 Å². The molecule has 3 rings (SSSR count). The normalized spacial score (nSPS) is 11.5. The molecule has 1 amide bonds. The summed E-state index contributed by atoms with van der Waals surface area (Å²) in [6.45, 7) is 6.28. The summed E-state index contributed by atoms with van der Waals surface area (Å²) in [7, 11) is 1.56. The first kappa shape index (κ1) is 22.4. The molecule has 1 aromatic heterocycles. The molecular weight excluding hydrogens is 416 g/mol. The van der Waals surface area contributed by atoms with E-state index in [2.05, 4.69) is 31.3 Å². The highest BCUT2D eigenvalue weighted by Gasteiger charge is 2.13. The maximum atomic E-state index is 12.0. The third-order valence-electron chi connectivity index (χ3n) is 4.53. The number of nitrogens with zero attached hydrogens (tertiary/aromatic N) is 1. The molecule has 0 fully saturated rings. The van der Waals surface area contributed by atoms with E-state index < -0.39 is 0 Å². The minimum absolute atomic E-state index is 0.0654. The number of carbonyl (C=O) groups is 1. The van der Waals surface area contributed by atoms with Crippen LogP contribution in [0.5, 0.6) is 11.5 Å². The van der Waals surface area contributed by atoms with Gasteiger partial charge in [0.15, 0.2) is 6.61 Å². The molecule has 0 aliphatic carbocycles. The maximum absolute atomic E-state index is 12.0. The van der Waals surface area contributed by atoms with Crippen molar-refractivity contribution >= 4 is 23.7 Å². The zero-order valence-electron chi connectivity index (χ0n) is 17.9. The number of ether oxygens (including phenoxy) is 2. The Bertz CT molecular complexity index is 1070. The molecule has 0 spiro atoms. The second-order valence-corrected chi connectivity index (χ2v) is 8.31. The van der Waals surface area contributed by atoms with Crippen LogP contribution < -0.4 is 14.9 Å². The number of carbonyl (C=O) groups excluding carboxylic acids is 1. The van der Waals surface area contributed by atoms with E-state index in [0.29, 0.717) is 28.0 Å². The number of hydrogen-bond acceptors (Lipinski definition) is 5. The maximum Gasteiger partial charge on any atom is 0.277 e. The molecule has 0 aliphatic heterocycles. The molecule has 2 aromatic carbocycles. The average Bonchev–Trinajstić information content (AvgIpc) is 3.21. The van der Waals surface area contributed by atoms with Gasteiger partial charge in [0, 0.05) is 5.56 Å². The van der Waals surface area contributed by atoms with Crippen LogP contribution in [0.3, 0.4) is 0 Å². The van der Waals surface area contributed by atoms with E-state index in [-0.39, 0.29) is 17.9 Å². The van der Waals surface area contributed by atoms with Crippen molar-refractivity contribution in [1.82, 2.24) is 5.43 Å². The summed E-state index contributed by atoms with van der Waals surface area (Å²) < 4.78 is 16.4. The number of nitrogens with one attached hydrogen (secondary N) is 1. The third-order valence-corrected chi connectivity index (χ3v) is 4.83. The van der Waals surface area contributed by atoms with Gasteiger partial charge in [-0.2, -0.15) is 5.10 Å². The van der Waals surface area contributed by atoms with E-state index in [1.54, 1.807) is 31.4 Å². The summed E-state index contributed by atoms with van der Waals surface area (Å²) in [5.74, 6) is 1.96.